The molecular formula is C19H18O5. The Morgan fingerprint density at radius 1 is 0.833 bits per heavy atom. The fourth-order valence-corrected chi connectivity index (χ4v) is 2.40. The zero-order valence-corrected chi connectivity index (χ0v) is 13.1. The van der Waals surface area contributed by atoms with Crippen LogP contribution >= 0.6 is 0 Å². The van der Waals surface area contributed by atoms with Crippen LogP contribution in [0.5, 0.6) is 11.5 Å². The van der Waals surface area contributed by atoms with Crippen LogP contribution in [0.25, 0.3) is 0 Å². The molecule has 0 N–H and O–H groups in total. The van der Waals surface area contributed by atoms with Crippen LogP contribution in [0, 0.1) is 0 Å². The van der Waals surface area contributed by atoms with Gasteiger partial charge in [-0.25, -0.2) is 0 Å². The number of rotatable bonds is 8. The van der Waals surface area contributed by atoms with Gasteiger partial charge in [-0.05, 0) is 24.3 Å². The smallest absolute Gasteiger partial charge is 0.200 e. The molecule has 24 heavy (non-hydrogen) atoms. The molecule has 0 amide bonds. The van der Waals surface area contributed by atoms with E-state index in [4.69, 9.17) is 18.9 Å². The number of ketones is 1. The Morgan fingerprint density at radius 3 is 1.67 bits per heavy atom. The first-order chi connectivity index (χ1) is 11.8. The van der Waals surface area contributed by atoms with Gasteiger partial charge in [0.05, 0.1) is 24.3 Å². The van der Waals surface area contributed by atoms with Crippen LogP contribution < -0.4 is 9.47 Å². The van der Waals surface area contributed by atoms with Crippen molar-refractivity contribution < 1.29 is 23.7 Å². The molecule has 5 heteroatoms. The van der Waals surface area contributed by atoms with Gasteiger partial charge >= 0.3 is 0 Å². The van der Waals surface area contributed by atoms with Gasteiger partial charge in [0.25, 0.3) is 0 Å². The van der Waals surface area contributed by atoms with Gasteiger partial charge in [-0.2, -0.15) is 0 Å². The summed E-state index contributed by atoms with van der Waals surface area (Å²) in [4.78, 5) is 13.0. The molecule has 0 aliphatic carbocycles. The number of para-hydroxylation sites is 2. The summed E-state index contributed by atoms with van der Waals surface area (Å²) in [7, 11) is 0. The molecule has 0 bridgehead atoms. The summed E-state index contributed by atoms with van der Waals surface area (Å²) in [6.07, 6.45) is 0.282. The largest absolute Gasteiger partial charge is 0.490 e. The maximum Gasteiger partial charge on any atom is 0.200 e. The normalized spacial score (nSPS) is 21.2. The Balaban J connectivity index is 1.56. The highest BCUT2D eigenvalue weighted by Gasteiger charge is 2.26. The minimum atomic E-state index is -0.116. The van der Waals surface area contributed by atoms with Crippen LogP contribution in [0.2, 0.25) is 0 Å². The van der Waals surface area contributed by atoms with Gasteiger partial charge in [0.15, 0.2) is 5.78 Å². The molecule has 2 unspecified atom stereocenters. The Hall–Kier alpha value is -2.37. The molecule has 4 rings (SSSR count). The third-order valence-corrected chi connectivity index (χ3v) is 3.92. The van der Waals surface area contributed by atoms with Crippen molar-refractivity contribution in [3.63, 3.8) is 0 Å². The van der Waals surface area contributed by atoms with E-state index in [1.54, 1.807) is 24.3 Å². The van der Waals surface area contributed by atoms with Crippen molar-refractivity contribution in [2.45, 2.75) is 12.2 Å². The van der Waals surface area contributed by atoms with Gasteiger partial charge in [-0.3, -0.25) is 4.79 Å². The summed E-state index contributed by atoms with van der Waals surface area (Å²) in [5.41, 5.74) is 1.05. The third-order valence-electron chi connectivity index (χ3n) is 3.92. The molecule has 2 atom stereocenters. The van der Waals surface area contributed by atoms with E-state index in [1.165, 1.54) is 0 Å². The molecule has 2 aliphatic heterocycles. The Kier molecular flexibility index (Phi) is 4.19. The summed E-state index contributed by atoms with van der Waals surface area (Å²) in [5.74, 6) is 1.02. The van der Waals surface area contributed by atoms with Crippen molar-refractivity contribution in [3.05, 3.63) is 59.7 Å². The molecule has 2 aromatic rings. The molecule has 2 saturated heterocycles. The van der Waals surface area contributed by atoms with Gasteiger partial charge in [0.2, 0.25) is 0 Å². The lowest BCUT2D eigenvalue weighted by molar-refractivity contribution is 0.103. The van der Waals surface area contributed by atoms with Crippen molar-refractivity contribution in [2.75, 3.05) is 26.4 Å². The molecular weight excluding hydrogens is 308 g/mol. The second-order valence-corrected chi connectivity index (χ2v) is 5.85. The minimum Gasteiger partial charge on any atom is -0.490 e. The third kappa shape index (κ3) is 3.58. The predicted octanol–water partition coefficient (Wildman–Crippen LogP) is 2.47. The highest BCUT2D eigenvalue weighted by atomic mass is 16.6. The molecule has 2 aliphatic rings. The number of epoxide rings is 2. The molecule has 0 radical (unpaired) electrons. The van der Waals surface area contributed by atoms with E-state index < -0.39 is 0 Å². The van der Waals surface area contributed by atoms with Crippen LogP contribution in [0.15, 0.2) is 48.5 Å². The minimum absolute atomic E-state index is 0.116. The van der Waals surface area contributed by atoms with E-state index in [0.29, 0.717) is 35.8 Å². The maximum absolute atomic E-state index is 13.0. The number of carbonyl (C=O) groups excluding carboxylic acids is 1. The maximum atomic E-state index is 13.0. The SMILES string of the molecule is O=C(c1ccccc1OCC1CO1)c1ccccc1OCC1CO1. The summed E-state index contributed by atoms with van der Waals surface area (Å²) < 4.78 is 21.8. The van der Waals surface area contributed by atoms with Crippen LogP contribution in [-0.2, 0) is 9.47 Å². The van der Waals surface area contributed by atoms with E-state index in [-0.39, 0.29) is 18.0 Å². The van der Waals surface area contributed by atoms with Crippen molar-refractivity contribution in [3.8, 4) is 11.5 Å². The van der Waals surface area contributed by atoms with Crippen molar-refractivity contribution in [1.29, 1.82) is 0 Å². The zero-order valence-electron chi connectivity index (χ0n) is 13.1. The Labute approximate surface area is 140 Å². The quantitative estimate of drug-likeness (QED) is 0.551. The van der Waals surface area contributed by atoms with E-state index in [9.17, 15) is 4.79 Å². The zero-order chi connectivity index (χ0) is 16.4. The van der Waals surface area contributed by atoms with Gasteiger partial charge in [-0.15, -0.1) is 0 Å². The number of carbonyl (C=O) groups is 1. The summed E-state index contributed by atoms with van der Waals surface area (Å²) >= 11 is 0. The topological polar surface area (TPSA) is 60.6 Å². The Morgan fingerprint density at radius 2 is 1.25 bits per heavy atom. The molecule has 2 aromatic carbocycles. The van der Waals surface area contributed by atoms with Crippen LogP contribution in [0.3, 0.4) is 0 Å². The van der Waals surface area contributed by atoms with E-state index in [1.807, 2.05) is 24.3 Å². The molecule has 0 spiro atoms. The molecule has 124 valence electrons. The lowest BCUT2D eigenvalue weighted by atomic mass is 10.0. The van der Waals surface area contributed by atoms with Crippen molar-refractivity contribution in [2.24, 2.45) is 0 Å². The average Bonchev–Trinajstić information content (AvgIpc) is 3.53. The number of ether oxygens (including phenoxy) is 4. The second-order valence-electron chi connectivity index (χ2n) is 5.85. The van der Waals surface area contributed by atoms with Crippen molar-refractivity contribution in [1.82, 2.24) is 0 Å². The van der Waals surface area contributed by atoms with Gasteiger partial charge in [-0.1, -0.05) is 24.3 Å². The van der Waals surface area contributed by atoms with Crippen molar-refractivity contribution >= 4 is 5.78 Å². The van der Waals surface area contributed by atoms with Gasteiger partial charge < -0.3 is 18.9 Å². The molecule has 2 heterocycles. The molecule has 5 nitrogen and oxygen atoms in total. The highest BCUT2D eigenvalue weighted by Crippen LogP contribution is 2.28. The lowest BCUT2D eigenvalue weighted by Crippen LogP contribution is -2.12. The first-order valence-corrected chi connectivity index (χ1v) is 8.03. The molecule has 2 fully saturated rings. The number of hydrogen-bond acceptors (Lipinski definition) is 5. The van der Waals surface area contributed by atoms with E-state index in [0.717, 1.165) is 13.2 Å². The second kappa shape index (κ2) is 6.63. The lowest BCUT2D eigenvalue weighted by Gasteiger charge is -2.13. The summed E-state index contributed by atoms with van der Waals surface area (Å²) in [6.45, 7) is 2.36. The number of benzene rings is 2. The summed E-state index contributed by atoms with van der Waals surface area (Å²) in [5, 5.41) is 0. The van der Waals surface area contributed by atoms with E-state index in [2.05, 4.69) is 0 Å². The highest BCUT2D eigenvalue weighted by molar-refractivity contribution is 6.12. The average molecular weight is 326 g/mol. The Bertz CT molecular complexity index is 673. The standard InChI is InChI=1S/C19H18O5/c20-19(15-5-1-3-7-17(15)23-11-13-9-21-13)16-6-2-4-8-18(16)24-12-14-10-22-14/h1-8,13-14H,9-12H2. The fourth-order valence-electron chi connectivity index (χ4n) is 2.40. The first kappa shape index (κ1) is 15.2. The first-order valence-electron chi connectivity index (χ1n) is 8.03. The van der Waals surface area contributed by atoms with E-state index >= 15 is 0 Å². The molecule has 0 saturated carbocycles. The van der Waals surface area contributed by atoms with Crippen LogP contribution in [0.4, 0.5) is 0 Å². The van der Waals surface area contributed by atoms with Crippen LogP contribution in [0.1, 0.15) is 15.9 Å². The van der Waals surface area contributed by atoms with Gasteiger partial charge in [0.1, 0.15) is 36.9 Å². The summed E-state index contributed by atoms with van der Waals surface area (Å²) in [6, 6.07) is 14.5. The monoisotopic (exact) mass is 326 g/mol. The molecule has 0 aromatic heterocycles. The van der Waals surface area contributed by atoms with Gasteiger partial charge in [0, 0.05) is 0 Å². The number of hydrogen-bond donors (Lipinski definition) is 0. The van der Waals surface area contributed by atoms with Crippen LogP contribution in [-0.4, -0.2) is 44.4 Å². The predicted molar refractivity (Wildman–Crippen MR) is 86.8 cm³/mol. The fraction of sp³-hybridized carbons (Fsp3) is 0.316.